The van der Waals surface area contributed by atoms with Crippen LogP contribution >= 0.6 is 0 Å². The van der Waals surface area contributed by atoms with E-state index < -0.39 is 0 Å². The number of H-pyrrole nitrogens is 1. The van der Waals surface area contributed by atoms with Gasteiger partial charge in [0.1, 0.15) is 0 Å². The van der Waals surface area contributed by atoms with E-state index in [-0.39, 0.29) is 11.5 Å². The highest BCUT2D eigenvalue weighted by Crippen LogP contribution is 2.22. The van der Waals surface area contributed by atoms with Crippen LogP contribution in [0.15, 0.2) is 29.1 Å². The van der Waals surface area contributed by atoms with Gasteiger partial charge in [-0.2, -0.15) is 5.10 Å². The number of fused-ring (bicyclic) bond motifs is 1. The number of carbonyl (C=O) groups excluding carboxylic acids is 1. The van der Waals surface area contributed by atoms with E-state index in [1.54, 1.807) is 0 Å². The summed E-state index contributed by atoms with van der Waals surface area (Å²) in [5.41, 5.74) is 4.70. The molecule has 1 fully saturated rings. The first-order valence-corrected chi connectivity index (χ1v) is 10.4. The largest absolute Gasteiger partial charge is 0.336 e. The summed E-state index contributed by atoms with van der Waals surface area (Å²) in [6, 6.07) is 7.86. The molecule has 6 nitrogen and oxygen atoms in total. The van der Waals surface area contributed by atoms with Crippen molar-refractivity contribution in [3.05, 3.63) is 62.6 Å². The molecule has 1 aromatic heterocycles. The van der Waals surface area contributed by atoms with Crippen LogP contribution in [0.25, 0.3) is 0 Å². The van der Waals surface area contributed by atoms with Gasteiger partial charge in [-0.05, 0) is 55.5 Å². The van der Waals surface area contributed by atoms with E-state index in [1.807, 2.05) is 29.2 Å². The summed E-state index contributed by atoms with van der Waals surface area (Å²) in [5, 5.41) is 6.99. The molecule has 0 saturated carbocycles. The standard InChI is InChI=1S/C22H28N4O2/c1-2-25-10-12-26(13-11-25)22(28)17-7-5-6-16(14-17)15-20-18-8-3-4-9-19(18)21(27)24-23-20/h5-7,14H,2-4,8-13,15H2,1H3,(H,24,27). The van der Waals surface area contributed by atoms with Gasteiger partial charge in [-0.25, -0.2) is 5.10 Å². The maximum atomic E-state index is 12.9. The minimum atomic E-state index is -0.0476. The van der Waals surface area contributed by atoms with Gasteiger partial charge in [0, 0.05) is 43.7 Å². The lowest BCUT2D eigenvalue weighted by Gasteiger charge is -2.34. The Labute approximate surface area is 165 Å². The van der Waals surface area contributed by atoms with Crippen molar-refractivity contribution in [2.24, 2.45) is 0 Å². The van der Waals surface area contributed by atoms with Gasteiger partial charge in [0.2, 0.25) is 0 Å². The zero-order valence-corrected chi connectivity index (χ0v) is 16.5. The minimum absolute atomic E-state index is 0.0476. The first-order chi connectivity index (χ1) is 13.7. The monoisotopic (exact) mass is 380 g/mol. The Bertz CT molecular complexity index is 913. The Hall–Kier alpha value is -2.47. The van der Waals surface area contributed by atoms with Gasteiger partial charge in [0.05, 0.1) is 5.69 Å². The molecular formula is C22H28N4O2. The van der Waals surface area contributed by atoms with Crippen molar-refractivity contribution in [3.63, 3.8) is 0 Å². The third-order valence-corrected chi connectivity index (χ3v) is 6.03. The summed E-state index contributed by atoms with van der Waals surface area (Å²) in [6.07, 6.45) is 4.57. The molecule has 1 aliphatic carbocycles. The molecule has 4 rings (SSSR count). The zero-order chi connectivity index (χ0) is 19.5. The molecule has 6 heteroatoms. The molecule has 148 valence electrons. The minimum Gasteiger partial charge on any atom is -0.336 e. The van der Waals surface area contributed by atoms with Crippen molar-refractivity contribution < 1.29 is 4.79 Å². The fourth-order valence-corrected chi connectivity index (χ4v) is 4.33. The number of hydrogen-bond donors (Lipinski definition) is 1. The highest BCUT2D eigenvalue weighted by molar-refractivity contribution is 5.94. The van der Waals surface area contributed by atoms with Gasteiger partial charge in [-0.1, -0.05) is 19.1 Å². The summed E-state index contributed by atoms with van der Waals surface area (Å²) < 4.78 is 0. The van der Waals surface area contributed by atoms with Gasteiger partial charge in [-0.15, -0.1) is 0 Å². The zero-order valence-electron chi connectivity index (χ0n) is 16.5. The predicted octanol–water partition coefficient (Wildman–Crippen LogP) is 2.02. The molecule has 1 amide bonds. The molecule has 0 bridgehead atoms. The fourth-order valence-electron chi connectivity index (χ4n) is 4.33. The lowest BCUT2D eigenvalue weighted by molar-refractivity contribution is 0.0643. The number of nitrogens with one attached hydrogen (secondary N) is 1. The summed E-state index contributed by atoms with van der Waals surface area (Å²) in [5.74, 6) is 0.106. The van der Waals surface area contributed by atoms with Crippen LogP contribution in [0.3, 0.4) is 0 Å². The molecule has 0 unspecified atom stereocenters. The van der Waals surface area contributed by atoms with Gasteiger partial charge in [0.15, 0.2) is 0 Å². The number of benzene rings is 1. The van der Waals surface area contributed by atoms with E-state index >= 15 is 0 Å². The molecule has 2 aromatic rings. The van der Waals surface area contributed by atoms with E-state index in [0.29, 0.717) is 6.42 Å². The van der Waals surface area contributed by atoms with Gasteiger partial charge in [-0.3, -0.25) is 9.59 Å². The van der Waals surface area contributed by atoms with Crippen molar-refractivity contribution in [3.8, 4) is 0 Å². The maximum Gasteiger partial charge on any atom is 0.267 e. The molecule has 0 spiro atoms. The predicted molar refractivity (Wildman–Crippen MR) is 109 cm³/mol. The molecule has 0 radical (unpaired) electrons. The van der Waals surface area contributed by atoms with E-state index in [0.717, 1.165) is 86.4 Å². The third-order valence-electron chi connectivity index (χ3n) is 6.03. The number of nitrogens with zero attached hydrogens (tertiary/aromatic N) is 3. The highest BCUT2D eigenvalue weighted by Gasteiger charge is 2.22. The van der Waals surface area contributed by atoms with Gasteiger partial charge in [0.25, 0.3) is 11.5 Å². The Balaban J connectivity index is 1.52. The number of rotatable bonds is 4. The SMILES string of the molecule is CCN1CCN(C(=O)c2cccc(Cc3n[nH]c(=O)c4c3CCCC4)c2)CC1. The number of hydrogen-bond acceptors (Lipinski definition) is 4. The highest BCUT2D eigenvalue weighted by atomic mass is 16.2. The average molecular weight is 380 g/mol. The molecule has 1 N–H and O–H groups in total. The first-order valence-electron chi connectivity index (χ1n) is 10.4. The van der Waals surface area contributed by atoms with Crippen molar-refractivity contribution >= 4 is 5.91 Å². The normalized spacial score (nSPS) is 17.4. The van der Waals surface area contributed by atoms with Crippen LogP contribution in [-0.4, -0.2) is 58.6 Å². The summed E-state index contributed by atoms with van der Waals surface area (Å²) in [7, 11) is 0. The van der Waals surface area contributed by atoms with Crippen LogP contribution in [-0.2, 0) is 19.3 Å². The van der Waals surface area contributed by atoms with Gasteiger partial charge < -0.3 is 9.80 Å². The van der Waals surface area contributed by atoms with Crippen LogP contribution in [0.1, 0.15) is 52.5 Å². The maximum absolute atomic E-state index is 12.9. The molecular weight excluding hydrogens is 352 g/mol. The molecule has 28 heavy (non-hydrogen) atoms. The summed E-state index contributed by atoms with van der Waals surface area (Å²) >= 11 is 0. The quantitative estimate of drug-likeness (QED) is 0.881. The van der Waals surface area contributed by atoms with Crippen LogP contribution in [0, 0.1) is 0 Å². The number of piperazine rings is 1. The second-order valence-electron chi connectivity index (χ2n) is 7.77. The number of carbonyl (C=O) groups is 1. The average Bonchev–Trinajstić information content (AvgIpc) is 2.76. The third kappa shape index (κ3) is 3.87. The molecule has 2 aliphatic rings. The number of amides is 1. The number of likely N-dealkylation sites (N-methyl/N-ethyl adjacent to an activating group) is 1. The second kappa shape index (κ2) is 8.27. The smallest absolute Gasteiger partial charge is 0.267 e. The molecule has 1 aliphatic heterocycles. The van der Waals surface area contributed by atoms with Gasteiger partial charge >= 0.3 is 0 Å². The molecule has 1 saturated heterocycles. The van der Waals surface area contributed by atoms with Crippen molar-refractivity contribution in [1.82, 2.24) is 20.0 Å². The van der Waals surface area contributed by atoms with Crippen molar-refractivity contribution in [2.75, 3.05) is 32.7 Å². The summed E-state index contributed by atoms with van der Waals surface area (Å²) in [4.78, 5) is 29.3. The van der Waals surface area contributed by atoms with Crippen LogP contribution in [0.4, 0.5) is 0 Å². The summed E-state index contributed by atoms with van der Waals surface area (Å²) in [6.45, 7) is 6.64. The topological polar surface area (TPSA) is 69.3 Å². The molecule has 2 heterocycles. The van der Waals surface area contributed by atoms with Crippen LogP contribution < -0.4 is 5.56 Å². The van der Waals surface area contributed by atoms with Crippen molar-refractivity contribution in [1.29, 1.82) is 0 Å². The number of aromatic nitrogens is 2. The lowest BCUT2D eigenvalue weighted by Crippen LogP contribution is -2.48. The Morgan fingerprint density at radius 1 is 1.11 bits per heavy atom. The van der Waals surface area contributed by atoms with E-state index in [9.17, 15) is 9.59 Å². The Morgan fingerprint density at radius 2 is 1.86 bits per heavy atom. The van der Waals surface area contributed by atoms with E-state index in [2.05, 4.69) is 22.0 Å². The van der Waals surface area contributed by atoms with E-state index in [1.165, 1.54) is 0 Å². The van der Waals surface area contributed by atoms with Crippen molar-refractivity contribution in [2.45, 2.75) is 39.0 Å². The van der Waals surface area contributed by atoms with E-state index in [4.69, 9.17) is 0 Å². The second-order valence-corrected chi connectivity index (χ2v) is 7.77. The number of aromatic amines is 1. The van der Waals surface area contributed by atoms with Crippen LogP contribution in [0.5, 0.6) is 0 Å². The molecule has 1 aromatic carbocycles. The lowest BCUT2D eigenvalue weighted by atomic mass is 9.90. The first kappa shape index (κ1) is 18.9. The Morgan fingerprint density at radius 3 is 2.61 bits per heavy atom. The fraction of sp³-hybridized carbons (Fsp3) is 0.500. The van der Waals surface area contributed by atoms with Crippen LogP contribution in [0.2, 0.25) is 0 Å². The Kier molecular flexibility index (Phi) is 5.57. The molecule has 0 atom stereocenters.